The Bertz CT molecular complexity index is 631. The van der Waals surface area contributed by atoms with Crippen molar-refractivity contribution < 1.29 is 0 Å². The lowest BCUT2D eigenvalue weighted by molar-refractivity contribution is 0.855. The maximum atomic E-state index is 11.8. The molecule has 0 fully saturated rings. The zero-order valence-corrected chi connectivity index (χ0v) is 9.15. The predicted molar refractivity (Wildman–Crippen MR) is 60.2 cm³/mol. The predicted octanol–water partition coefficient (Wildman–Crippen LogP) is 0.883. The van der Waals surface area contributed by atoms with Gasteiger partial charge in [0.05, 0.1) is 17.4 Å². The highest BCUT2D eigenvalue weighted by Crippen LogP contribution is 2.05. The van der Waals surface area contributed by atoms with Gasteiger partial charge in [-0.15, -0.1) is 0 Å². The number of hydrogen-bond donors (Lipinski definition) is 1. The van der Waals surface area contributed by atoms with Crippen LogP contribution in [0.15, 0.2) is 34.1 Å². The third-order valence-corrected chi connectivity index (χ3v) is 2.55. The Hall–Kier alpha value is -1.88. The summed E-state index contributed by atoms with van der Waals surface area (Å²) in [4.78, 5) is 29.7. The van der Waals surface area contributed by atoms with E-state index < -0.39 is 11.2 Å². The van der Waals surface area contributed by atoms with Crippen molar-refractivity contribution in [3.63, 3.8) is 0 Å². The molecule has 0 aliphatic heterocycles. The first-order valence-corrected chi connectivity index (χ1v) is 4.91. The summed E-state index contributed by atoms with van der Waals surface area (Å²) in [5.41, 5.74) is -0.311. The fourth-order valence-electron chi connectivity index (χ4n) is 1.32. The standard InChI is InChI=1S/C10H8ClN3O2/c1-6-8(11)13-10(16)14(9(6)15)7-3-2-4-12-5-7/h2-5H,1H3,(H,13,16). The molecule has 0 aliphatic carbocycles. The third-order valence-electron chi connectivity index (χ3n) is 2.18. The number of hydrogen-bond acceptors (Lipinski definition) is 3. The molecule has 0 radical (unpaired) electrons. The van der Waals surface area contributed by atoms with Gasteiger partial charge in [0.1, 0.15) is 5.15 Å². The summed E-state index contributed by atoms with van der Waals surface area (Å²) in [6, 6.07) is 3.27. The average molecular weight is 238 g/mol. The summed E-state index contributed by atoms with van der Waals surface area (Å²) in [5.74, 6) is 0. The van der Waals surface area contributed by atoms with Crippen molar-refractivity contribution in [1.29, 1.82) is 0 Å². The molecule has 0 unspecified atom stereocenters. The fraction of sp³-hybridized carbons (Fsp3) is 0.100. The molecule has 2 aromatic rings. The highest BCUT2D eigenvalue weighted by Gasteiger charge is 2.09. The lowest BCUT2D eigenvalue weighted by Gasteiger charge is -2.05. The molecule has 0 saturated carbocycles. The number of aromatic nitrogens is 3. The maximum absolute atomic E-state index is 11.8. The summed E-state index contributed by atoms with van der Waals surface area (Å²) in [7, 11) is 0. The largest absolute Gasteiger partial charge is 0.334 e. The molecule has 2 rings (SSSR count). The summed E-state index contributed by atoms with van der Waals surface area (Å²) in [6.45, 7) is 1.55. The molecular weight excluding hydrogens is 230 g/mol. The molecule has 0 saturated heterocycles. The minimum atomic E-state index is -0.575. The van der Waals surface area contributed by atoms with Gasteiger partial charge in [-0.25, -0.2) is 9.36 Å². The van der Waals surface area contributed by atoms with E-state index in [2.05, 4.69) is 9.97 Å². The van der Waals surface area contributed by atoms with Gasteiger partial charge in [-0.05, 0) is 19.1 Å². The topological polar surface area (TPSA) is 67.8 Å². The van der Waals surface area contributed by atoms with Gasteiger partial charge in [-0.3, -0.25) is 14.8 Å². The van der Waals surface area contributed by atoms with Crippen LogP contribution in [0.4, 0.5) is 0 Å². The van der Waals surface area contributed by atoms with Gasteiger partial charge < -0.3 is 0 Å². The van der Waals surface area contributed by atoms with E-state index >= 15 is 0 Å². The Morgan fingerprint density at radius 3 is 2.81 bits per heavy atom. The minimum Gasteiger partial charge on any atom is -0.297 e. The van der Waals surface area contributed by atoms with Crippen LogP contribution in [0.25, 0.3) is 5.69 Å². The van der Waals surface area contributed by atoms with Crippen molar-refractivity contribution >= 4 is 11.6 Å². The van der Waals surface area contributed by atoms with Crippen LogP contribution >= 0.6 is 11.6 Å². The third kappa shape index (κ3) is 1.65. The zero-order chi connectivity index (χ0) is 11.7. The second kappa shape index (κ2) is 3.94. The van der Waals surface area contributed by atoms with Gasteiger partial charge in [-0.1, -0.05) is 11.6 Å². The van der Waals surface area contributed by atoms with Crippen LogP contribution in [-0.4, -0.2) is 14.5 Å². The van der Waals surface area contributed by atoms with E-state index in [0.29, 0.717) is 11.3 Å². The van der Waals surface area contributed by atoms with E-state index in [1.54, 1.807) is 25.3 Å². The van der Waals surface area contributed by atoms with E-state index in [0.717, 1.165) is 4.57 Å². The van der Waals surface area contributed by atoms with Crippen molar-refractivity contribution in [1.82, 2.24) is 14.5 Å². The number of halogens is 1. The first kappa shape index (κ1) is 10.6. The van der Waals surface area contributed by atoms with Crippen LogP contribution in [0.1, 0.15) is 5.56 Å². The lowest BCUT2D eigenvalue weighted by atomic mass is 10.3. The van der Waals surface area contributed by atoms with E-state index in [1.807, 2.05) is 0 Å². The molecule has 0 aromatic carbocycles. The molecule has 2 heterocycles. The smallest absolute Gasteiger partial charge is 0.297 e. The van der Waals surface area contributed by atoms with Gasteiger partial charge in [0.25, 0.3) is 5.56 Å². The highest BCUT2D eigenvalue weighted by atomic mass is 35.5. The molecule has 0 bridgehead atoms. The normalized spacial score (nSPS) is 10.4. The molecule has 6 heteroatoms. The Kier molecular flexibility index (Phi) is 2.62. The van der Waals surface area contributed by atoms with E-state index in [1.165, 1.54) is 6.20 Å². The molecule has 16 heavy (non-hydrogen) atoms. The van der Waals surface area contributed by atoms with Gasteiger partial charge in [-0.2, -0.15) is 0 Å². The number of nitrogens with one attached hydrogen (secondary N) is 1. The van der Waals surface area contributed by atoms with Crippen LogP contribution in [-0.2, 0) is 0 Å². The van der Waals surface area contributed by atoms with Crippen molar-refractivity contribution in [3.05, 3.63) is 56.1 Å². The zero-order valence-electron chi connectivity index (χ0n) is 8.40. The van der Waals surface area contributed by atoms with E-state index in [9.17, 15) is 9.59 Å². The molecule has 2 aromatic heterocycles. The van der Waals surface area contributed by atoms with Crippen molar-refractivity contribution in [2.45, 2.75) is 6.92 Å². The Labute approximate surface area is 95.3 Å². The van der Waals surface area contributed by atoms with Gasteiger partial charge >= 0.3 is 5.69 Å². The summed E-state index contributed by atoms with van der Waals surface area (Å²) < 4.78 is 0.994. The molecule has 0 atom stereocenters. The molecule has 1 N–H and O–H groups in total. The van der Waals surface area contributed by atoms with E-state index in [4.69, 9.17) is 11.6 Å². The van der Waals surface area contributed by atoms with Crippen LogP contribution < -0.4 is 11.2 Å². The van der Waals surface area contributed by atoms with Crippen molar-refractivity contribution in [2.24, 2.45) is 0 Å². The summed E-state index contributed by atoms with van der Waals surface area (Å²) >= 11 is 5.69. The second-order valence-corrected chi connectivity index (χ2v) is 3.60. The fourth-order valence-corrected chi connectivity index (χ4v) is 1.48. The van der Waals surface area contributed by atoms with Crippen LogP contribution in [0.3, 0.4) is 0 Å². The molecule has 82 valence electrons. The second-order valence-electron chi connectivity index (χ2n) is 3.22. The SMILES string of the molecule is Cc1c(Cl)[nH]c(=O)n(-c2cccnc2)c1=O. The minimum absolute atomic E-state index is 0.0649. The first-order valence-electron chi connectivity index (χ1n) is 4.53. The molecule has 0 aliphatic rings. The van der Waals surface area contributed by atoms with Crippen molar-refractivity contribution in [3.8, 4) is 5.69 Å². The van der Waals surface area contributed by atoms with Gasteiger partial charge in [0.2, 0.25) is 0 Å². The number of rotatable bonds is 1. The molecule has 0 spiro atoms. The molecular formula is C10H8ClN3O2. The van der Waals surface area contributed by atoms with Crippen LogP contribution in [0.5, 0.6) is 0 Å². The van der Waals surface area contributed by atoms with Crippen molar-refractivity contribution in [2.75, 3.05) is 0 Å². The van der Waals surface area contributed by atoms with Crippen LogP contribution in [0, 0.1) is 6.92 Å². The maximum Gasteiger partial charge on any atom is 0.334 e. The van der Waals surface area contributed by atoms with Crippen LogP contribution in [0.2, 0.25) is 5.15 Å². The summed E-state index contributed by atoms with van der Waals surface area (Å²) in [5, 5.41) is 0.0649. The quantitative estimate of drug-likeness (QED) is 0.749. The highest BCUT2D eigenvalue weighted by molar-refractivity contribution is 6.30. The van der Waals surface area contributed by atoms with Gasteiger partial charge in [0, 0.05) is 6.20 Å². The van der Waals surface area contributed by atoms with Gasteiger partial charge in [0.15, 0.2) is 0 Å². The number of aromatic amines is 1. The Morgan fingerprint density at radius 2 is 2.19 bits per heavy atom. The summed E-state index contributed by atoms with van der Waals surface area (Å²) in [6.07, 6.45) is 3.00. The molecule has 5 nitrogen and oxygen atoms in total. The number of nitrogens with zero attached hydrogens (tertiary/aromatic N) is 2. The number of pyridine rings is 1. The Balaban J connectivity index is 2.82. The average Bonchev–Trinajstić information content (AvgIpc) is 2.28. The van der Waals surface area contributed by atoms with E-state index in [-0.39, 0.29) is 5.15 Å². The number of H-pyrrole nitrogens is 1. The Morgan fingerprint density at radius 1 is 1.44 bits per heavy atom. The molecule has 0 amide bonds. The monoisotopic (exact) mass is 237 g/mol. The first-order chi connectivity index (χ1) is 7.61. The lowest BCUT2D eigenvalue weighted by Crippen LogP contribution is -2.35.